The van der Waals surface area contributed by atoms with Crippen LogP contribution < -0.4 is 5.73 Å². The molecule has 1 heterocycles. The van der Waals surface area contributed by atoms with E-state index in [1.165, 1.54) is 25.9 Å². The quantitative estimate of drug-likeness (QED) is 0.679. The Hall–Kier alpha value is -0.0800. The van der Waals surface area contributed by atoms with E-state index in [0.29, 0.717) is 12.1 Å². The lowest BCUT2D eigenvalue weighted by Gasteiger charge is -2.37. The van der Waals surface area contributed by atoms with E-state index in [9.17, 15) is 0 Å². The molecule has 1 fully saturated rings. The van der Waals surface area contributed by atoms with Crippen molar-refractivity contribution in [2.24, 2.45) is 11.7 Å². The van der Waals surface area contributed by atoms with Gasteiger partial charge in [-0.05, 0) is 32.2 Å². The molecule has 0 aromatic heterocycles. The van der Waals surface area contributed by atoms with Crippen LogP contribution in [0, 0.1) is 5.92 Å². The minimum Gasteiger partial charge on any atom is -0.328 e. The van der Waals surface area contributed by atoms with E-state index in [4.69, 9.17) is 5.73 Å². The maximum absolute atomic E-state index is 5.89. The van der Waals surface area contributed by atoms with Crippen LogP contribution >= 0.6 is 0 Å². The van der Waals surface area contributed by atoms with Crippen LogP contribution in [0.1, 0.15) is 33.6 Å². The lowest BCUT2D eigenvalue weighted by Crippen LogP contribution is -2.46. The van der Waals surface area contributed by atoms with Gasteiger partial charge in [-0.2, -0.15) is 0 Å². The summed E-state index contributed by atoms with van der Waals surface area (Å²) in [7, 11) is 0. The van der Waals surface area contributed by atoms with Gasteiger partial charge in [0.25, 0.3) is 0 Å². The van der Waals surface area contributed by atoms with Gasteiger partial charge < -0.3 is 10.6 Å². The van der Waals surface area contributed by atoms with Crippen LogP contribution in [0.4, 0.5) is 0 Å². The van der Waals surface area contributed by atoms with Crippen molar-refractivity contribution in [3.05, 3.63) is 0 Å². The Morgan fingerprint density at radius 3 is 2.67 bits per heavy atom. The van der Waals surface area contributed by atoms with E-state index in [1.54, 1.807) is 0 Å². The molecule has 72 valence electrons. The van der Waals surface area contributed by atoms with Crippen molar-refractivity contribution in [3.63, 3.8) is 0 Å². The predicted octanol–water partition coefficient (Wildman–Crippen LogP) is 1.45. The Kier molecular flexibility index (Phi) is 3.53. The molecule has 0 saturated carbocycles. The summed E-state index contributed by atoms with van der Waals surface area (Å²) in [6.07, 6.45) is 2.35. The van der Waals surface area contributed by atoms with Crippen LogP contribution in [0.25, 0.3) is 0 Å². The third-order valence-corrected chi connectivity index (χ3v) is 2.65. The fraction of sp³-hybridized carbons (Fsp3) is 1.00. The first kappa shape index (κ1) is 10.0. The predicted molar refractivity (Wildman–Crippen MR) is 53.1 cm³/mol. The molecule has 0 radical (unpaired) electrons. The highest BCUT2D eigenvalue weighted by Gasteiger charge is 2.22. The van der Waals surface area contributed by atoms with Gasteiger partial charge in [-0.1, -0.05) is 13.8 Å². The van der Waals surface area contributed by atoms with Crippen LogP contribution in [0.2, 0.25) is 0 Å². The van der Waals surface area contributed by atoms with E-state index < -0.39 is 0 Å². The first-order valence-corrected chi connectivity index (χ1v) is 5.09. The highest BCUT2D eigenvalue weighted by atomic mass is 15.2. The van der Waals surface area contributed by atoms with Gasteiger partial charge in [0.15, 0.2) is 0 Å². The monoisotopic (exact) mass is 170 g/mol. The Balaban J connectivity index is 2.34. The summed E-state index contributed by atoms with van der Waals surface area (Å²) in [6, 6.07) is 1.14. The molecule has 2 nitrogen and oxygen atoms in total. The second-order valence-electron chi connectivity index (χ2n) is 4.52. The van der Waals surface area contributed by atoms with E-state index in [2.05, 4.69) is 25.7 Å². The molecule has 0 aliphatic carbocycles. The van der Waals surface area contributed by atoms with E-state index in [0.717, 1.165) is 5.92 Å². The van der Waals surface area contributed by atoms with E-state index in [1.807, 2.05) is 0 Å². The molecule has 2 atom stereocenters. The number of hydrogen-bond donors (Lipinski definition) is 1. The number of piperidine rings is 1. The van der Waals surface area contributed by atoms with Gasteiger partial charge in [-0.15, -0.1) is 0 Å². The fourth-order valence-corrected chi connectivity index (χ4v) is 2.00. The Labute approximate surface area is 76.1 Å². The maximum Gasteiger partial charge on any atom is 0.00817 e. The van der Waals surface area contributed by atoms with Crippen LogP contribution in [0.3, 0.4) is 0 Å². The number of likely N-dealkylation sites (tertiary alicyclic amines) is 1. The van der Waals surface area contributed by atoms with Crippen molar-refractivity contribution in [1.29, 1.82) is 0 Å². The molecule has 0 amide bonds. The molecular weight excluding hydrogens is 148 g/mol. The van der Waals surface area contributed by atoms with Crippen molar-refractivity contribution in [2.45, 2.75) is 45.7 Å². The second kappa shape index (κ2) is 4.24. The van der Waals surface area contributed by atoms with Crippen molar-refractivity contribution in [1.82, 2.24) is 4.90 Å². The second-order valence-corrected chi connectivity index (χ2v) is 4.52. The van der Waals surface area contributed by atoms with Crippen LogP contribution in [0.5, 0.6) is 0 Å². The average molecular weight is 170 g/mol. The summed E-state index contributed by atoms with van der Waals surface area (Å²) in [6.45, 7) is 9.28. The Bertz CT molecular complexity index is 134. The largest absolute Gasteiger partial charge is 0.328 e. The fourth-order valence-electron chi connectivity index (χ4n) is 2.00. The smallest absolute Gasteiger partial charge is 0.00817 e. The van der Waals surface area contributed by atoms with Gasteiger partial charge in [-0.3, -0.25) is 0 Å². The van der Waals surface area contributed by atoms with Crippen molar-refractivity contribution in [3.8, 4) is 0 Å². The third-order valence-electron chi connectivity index (χ3n) is 2.65. The van der Waals surface area contributed by atoms with Gasteiger partial charge in [0.05, 0.1) is 0 Å². The van der Waals surface area contributed by atoms with E-state index in [-0.39, 0.29) is 0 Å². The van der Waals surface area contributed by atoms with Crippen LogP contribution in [0.15, 0.2) is 0 Å². The third kappa shape index (κ3) is 2.76. The summed E-state index contributed by atoms with van der Waals surface area (Å²) in [5, 5.41) is 0. The first-order chi connectivity index (χ1) is 5.59. The SMILES string of the molecule is CC(C)CN1CCC(N)CC1C. The number of hydrogen-bond acceptors (Lipinski definition) is 2. The molecule has 12 heavy (non-hydrogen) atoms. The summed E-state index contributed by atoms with van der Waals surface area (Å²) in [4.78, 5) is 2.56. The molecule has 1 aliphatic rings. The molecule has 0 spiro atoms. The summed E-state index contributed by atoms with van der Waals surface area (Å²) in [5.74, 6) is 0.779. The molecule has 0 bridgehead atoms. The van der Waals surface area contributed by atoms with Crippen molar-refractivity contribution in [2.75, 3.05) is 13.1 Å². The number of rotatable bonds is 2. The molecule has 1 rings (SSSR count). The first-order valence-electron chi connectivity index (χ1n) is 5.09. The zero-order chi connectivity index (χ0) is 9.14. The zero-order valence-electron chi connectivity index (χ0n) is 8.59. The van der Waals surface area contributed by atoms with Gasteiger partial charge in [0.2, 0.25) is 0 Å². The molecule has 2 heteroatoms. The highest BCUT2D eigenvalue weighted by molar-refractivity contribution is 4.80. The summed E-state index contributed by atoms with van der Waals surface area (Å²) >= 11 is 0. The average Bonchev–Trinajstić information content (AvgIpc) is 1.94. The minimum absolute atomic E-state index is 0.448. The normalized spacial score (nSPS) is 32.8. The highest BCUT2D eigenvalue weighted by Crippen LogP contribution is 2.16. The zero-order valence-corrected chi connectivity index (χ0v) is 8.59. The molecule has 0 aromatic rings. The van der Waals surface area contributed by atoms with Gasteiger partial charge in [0, 0.05) is 18.6 Å². The van der Waals surface area contributed by atoms with Crippen LogP contribution in [-0.2, 0) is 0 Å². The van der Waals surface area contributed by atoms with Crippen molar-refractivity contribution < 1.29 is 0 Å². The minimum atomic E-state index is 0.448. The Morgan fingerprint density at radius 2 is 2.17 bits per heavy atom. The van der Waals surface area contributed by atoms with Crippen LogP contribution in [-0.4, -0.2) is 30.1 Å². The summed E-state index contributed by atoms with van der Waals surface area (Å²) in [5.41, 5.74) is 5.89. The molecule has 0 aromatic carbocycles. The van der Waals surface area contributed by atoms with Gasteiger partial charge in [0.1, 0.15) is 0 Å². The number of nitrogens with zero attached hydrogens (tertiary/aromatic N) is 1. The van der Waals surface area contributed by atoms with E-state index >= 15 is 0 Å². The molecule has 2 N–H and O–H groups in total. The molecule has 2 unspecified atom stereocenters. The summed E-state index contributed by atoms with van der Waals surface area (Å²) < 4.78 is 0. The lowest BCUT2D eigenvalue weighted by atomic mass is 9.98. The van der Waals surface area contributed by atoms with Gasteiger partial charge >= 0.3 is 0 Å². The molecule has 1 aliphatic heterocycles. The maximum atomic E-state index is 5.89. The van der Waals surface area contributed by atoms with Gasteiger partial charge in [-0.25, -0.2) is 0 Å². The lowest BCUT2D eigenvalue weighted by molar-refractivity contribution is 0.132. The number of nitrogens with two attached hydrogens (primary N) is 1. The molecular formula is C10H22N2. The molecule has 1 saturated heterocycles. The standard InChI is InChI=1S/C10H22N2/c1-8(2)7-12-5-4-10(11)6-9(12)3/h8-10H,4-7,11H2,1-3H3. The van der Waals surface area contributed by atoms with Crippen molar-refractivity contribution >= 4 is 0 Å². The topological polar surface area (TPSA) is 29.3 Å². The Morgan fingerprint density at radius 1 is 1.50 bits per heavy atom.